The van der Waals surface area contributed by atoms with Crippen molar-refractivity contribution >= 4 is 11.8 Å². The molecule has 0 atom stereocenters. The molecule has 0 aliphatic rings. The SMILES string of the molecule is COCCSCCOc1ccccc1CN. The van der Waals surface area contributed by atoms with E-state index >= 15 is 0 Å². The molecule has 0 unspecified atom stereocenters. The van der Waals surface area contributed by atoms with Gasteiger partial charge in [0.25, 0.3) is 0 Å². The van der Waals surface area contributed by atoms with Crippen molar-refractivity contribution in [2.24, 2.45) is 5.73 Å². The van der Waals surface area contributed by atoms with Gasteiger partial charge in [-0.25, -0.2) is 0 Å². The first-order chi connectivity index (χ1) is 7.88. The summed E-state index contributed by atoms with van der Waals surface area (Å²) in [4.78, 5) is 0. The minimum absolute atomic E-state index is 0.521. The summed E-state index contributed by atoms with van der Waals surface area (Å²) in [6, 6.07) is 7.89. The number of benzene rings is 1. The summed E-state index contributed by atoms with van der Waals surface area (Å²) in [5.74, 6) is 2.89. The number of thioether (sulfide) groups is 1. The fourth-order valence-corrected chi connectivity index (χ4v) is 1.96. The molecule has 90 valence electrons. The Morgan fingerprint density at radius 3 is 2.69 bits per heavy atom. The third-order valence-corrected chi connectivity index (χ3v) is 3.02. The van der Waals surface area contributed by atoms with Crippen molar-refractivity contribution in [3.05, 3.63) is 29.8 Å². The Balaban J connectivity index is 2.21. The zero-order chi connectivity index (χ0) is 11.6. The van der Waals surface area contributed by atoms with Gasteiger partial charge in [-0.1, -0.05) is 18.2 Å². The highest BCUT2D eigenvalue weighted by molar-refractivity contribution is 7.99. The van der Waals surface area contributed by atoms with Gasteiger partial charge in [-0.05, 0) is 6.07 Å². The fourth-order valence-electron chi connectivity index (χ4n) is 1.27. The van der Waals surface area contributed by atoms with Gasteiger partial charge in [0.05, 0.1) is 13.2 Å². The number of methoxy groups -OCH3 is 1. The molecule has 0 amide bonds. The third kappa shape index (κ3) is 4.88. The predicted molar refractivity (Wildman–Crippen MR) is 69.0 cm³/mol. The molecule has 1 aromatic carbocycles. The summed E-state index contributed by atoms with van der Waals surface area (Å²) in [6.45, 7) is 2.03. The second kappa shape index (κ2) is 8.44. The van der Waals surface area contributed by atoms with Crippen molar-refractivity contribution in [1.29, 1.82) is 0 Å². The average molecular weight is 241 g/mol. The van der Waals surface area contributed by atoms with E-state index in [2.05, 4.69) is 0 Å². The van der Waals surface area contributed by atoms with Crippen molar-refractivity contribution in [3.8, 4) is 5.75 Å². The normalized spacial score (nSPS) is 10.4. The van der Waals surface area contributed by atoms with Crippen LogP contribution in [0.2, 0.25) is 0 Å². The van der Waals surface area contributed by atoms with Gasteiger partial charge in [0.2, 0.25) is 0 Å². The summed E-state index contributed by atoms with van der Waals surface area (Å²) in [5, 5.41) is 0. The van der Waals surface area contributed by atoms with Crippen molar-refractivity contribution in [2.75, 3.05) is 31.8 Å². The van der Waals surface area contributed by atoms with E-state index in [1.807, 2.05) is 36.0 Å². The molecule has 16 heavy (non-hydrogen) atoms. The number of para-hydroxylation sites is 1. The van der Waals surface area contributed by atoms with Crippen molar-refractivity contribution < 1.29 is 9.47 Å². The van der Waals surface area contributed by atoms with Crippen LogP contribution in [0, 0.1) is 0 Å². The van der Waals surface area contributed by atoms with Crippen LogP contribution in [0.1, 0.15) is 5.56 Å². The van der Waals surface area contributed by atoms with Crippen molar-refractivity contribution in [3.63, 3.8) is 0 Å². The van der Waals surface area contributed by atoms with Crippen LogP contribution in [0.15, 0.2) is 24.3 Å². The van der Waals surface area contributed by atoms with Gasteiger partial charge < -0.3 is 15.2 Å². The van der Waals surface area contributed by atoms with E-state index in [0.717, 1.165) is 29.4 Å². The van der Waals surface area contributed by atoms with Gasteiger partial charge in [0.1, 0.15) is 5.75 Å². The van der Waals surface area contributed by atoms with Crippen LogP contribution < -0.4 is 10.5 Å². The first kappa shape index (κ1) is 13.4. The molecule has 1 rings (SSSR count). The van der Waals surface area contributed by atoms with Gasteiger partial charge in [-0.15, -0.1) is 0 Å². The van der Waals surface area contributed by atoms with Gasteiger partial charge in [0, 0.05) is 30.7 Å². The lowest BCUT2D eigenvalue weighted by molar-refractivity contribution is 0.218. The number of ether oxygens (including phenoxy) is 2. The molecule has 4 heteroatoms. The van der Waals surface area contributed by atoms with E-state index in [1.54, 1.807) is 7.11 Å². The largest absolute Gasteiger partial charge is 0.492 e. The van der Waals surface area contributed by atoms with E-state index < -0.39 is 0 Å². The van der Waals surface area contributed by atoms with Crippen LogP contribution in [-0.4, -0.2) is 31.8 Å². The molecule has 0 radical (unpaired) electrons. The number of rotatable bonds is 8. The predicted octanol–water partition coefficient (Wildman–Crippen LogP) is 1.90. The molecule has 0 saturated heterocycles. The van der Waals surface area contributed by atoms with Crippen LogP contribution in [0.3, 0.4) is 0 Å². The third-order valence-electron chi connectivity index (χ3n) is 2.11. The summed E-state index contributed by atoms with van der Waals surface area (Å²) >= 11 is 1.83. The van der Waals surface area contributed by atoms with Gasteiger partial charge >= 0.3 is 0 Å². The van der Waals surface area contributed by atoms with Crippen LogP contribution >= 0.6 is 11.8 Å². The Bertz CT molecular complexity index is 294. The molecule has 0 aliphatic heterocycles. The minimum atomic E-state index is 0.521. The van der Waals surface area contributed by atoms with Gasteiger partial charge in [0.15, 0.2) is 0 Å². The smallest absolute Gasteiger partial charge is 0.123 e. The van der Waals surface area contributed by atoms with E-state index in [1.165, 1.54) is 0 Å². The fraction of sp³-hybridized carbons (Fsp3) is 0.500. The first-order valence-electron chi connectivity index (χ1n) is 5.36. The molecule has 0 bridgehead atoms. The Hall–Kier alpha value is -0.710. The Morgan fingerprint density at radius 1 is 1.19 bits per heavy atom. The highest BCUT2D eigenvalue weighted by Gasteiger charge is 2.00. The van der Waals surface area contributed by atoms with E-state index in [-0.39, 0.29) is 0 Å². The number of hydrogen-bond acceptors (Lipinski definition) is 4. The highest BCUT2D eigenvalue weighted by atomic mass is 32.2. The Labute approximate surface area is 101 Å². The summed E-state index contributed by atoms with van der Waals surface area (Å²) < 4.78 is 10.6. The molecule has 1 aromatic rings. The molecule has 0 heterocycles. The average Bonchev–Trinajstić information content (AvgIpc) is 2.34. The summed E-state index contributed by atoms with van der Waals surface area (Å²) in [5.41, 5.74) is 6.68. The molecule has 0 spiro atoms. The molecule has 0 saturated carbocycles. The van der Waals surface area contributed by atoms with Crippen LogP contribution in [0.5, 0.6) is 5.75 Å². The standard InChI is InChI=1S/C12H19NO2S/c1-14-6-8-16-9-7-15-12-5-3-2-4-11(12)10-13/h2-5H,6-10,13H2,1H3. The topological polar surface area (TPSA) is 44.5 Å². The second-order valence-electron chi connectivity index (χ2n) is 3.27. The van der Waals surface area contributed by atoms with Crippen LogP contribution in [0.4, 0.5) is 0 Å². The lowest BCUT2D eigenvalue weighted by Crippen LogP contribution is -2.06. The maximum atomic E-state index is 5.67. The van der Waals surface area contributed by atoms with E-state index in [4.69, 9.17) is 15.2 Å². The molecule has 2 N–H and O–H groups in total. The molecular formula is C12H19NO2S. The van der Waals surface area contributed by atoms with Gasteiger partial charge in [-0.3, -0.25) is 0 Å². The van der Waals surface area contributed by atoms with E-state index in [9.17, 15) is 0 Å². The number of nitrogens with two attached hydrogens (primary N) is 1. The monoisotopic (exact) mass is 241 g/mol. The quantitative estimate of drug-likeness (QED) is 0.706. The van der Waals surface area contributed by atoms with Crippen molar-refractivity contribution in [2.45, 2.75) is 6.54 Å². The number of hydrogen-bond donors (Lipinski definition) is 1. The van der Waals surface area contributed by atoms with Crippen molar-refractivity contribution in [1.82, 2.24) is 0 Å². The molecule has 0 aromatic heterocycles. The maximum absolute atomic E-state index is 5.67. The van der Waals surface area contributed by atoms with Crippen LogP contribution in [-0.2, 0) is 11.3 Å². The van der Waals surface area contributed by atoms with E-state index in [0.29, 0.717) is 13.2 Å². The van der Waals surface area contributed by atoms with Crippen LogP contribution in [0.25, 0.3) is 0 Å². The lowest BCUT2D eigenvalue weighted by Gasteiger charge is -2.09. The first-order valence-corrected chi connectivity index (χ1v) is 6.51. The highest BCUT2D eigenvalue weighted by Crippen LogP contribution is 2.17. The Kier molecular flexibility index (Phi) is 7.05. The molecular weight excluding hydrogens is 222 g/mol. The zero-order valence-corrected chi connectivity index (χ0v) is 10.5. The maximum Gasteiger partial charge on any atom is 0.123 e. The lowest BCUT2D eigenvalue weighted by atomic mass is 10.2. The summed E-state index contributed by atoms with van der Waals surface area (Å²) in [6.07, 6.45) is 0. The molecule has 0 fully saturated rings. The Morgan fingerprint density at radius 2 is 1.94 bits per heavy atom. The molecule has 0 aliphatic carbocycles. The molecule has 3 nitrogen and oxygen atoms in total. The van der Waals surface area contributed by atoms with Gasteiger partial charge in [-0.2, -0.15) is 11.8 Å². The second-order valence-corrected chi connectivity index (χ2v) is 4.49. The minimum Gasteiger partial charge on any atom is -0.492 e. The zero-order valence-electron chi connectivity index (χ0n) is 9.65. The summed E-state index contributed by atoms with van der Waals surface area (Å²) in [7, 11) is 1.72.